The number of benzene rings is 2. The number of rotatable bonds is 8. The normalized spacial score (nSPS) is 18.5. The molecule has 2 aromatic carbocycles. The third kappa shape index (κ3) is 7.69. The molecule has 176 valence electrons. The average molecular weight is 456 g/mol. The molecule has 1 aliphatic rings. The Morgan fingerprint density at radius 3 is 1.58 bits per heavy atom. The largest absolute Gasteiger partial charge is 0.460 e. The van der Waals surface area contributed by atoms with E-state index in [2.05, 4.69) is 0 Å². The fraction of sp³-hybridized carbons (Fsp3) is 0.400. The van der Waals surface area contributed by atoms with Gasteiger partial charge in [-0.05, 0) is 31.9 Å². The summed E-state index contributed by atoms with van der Waals surface area (Å²) in [4.78, 5) is 37.6. The van der Waals surface area contributed by atoms with Gasteiger partial charge >= 0.3 is 17.9 Å². The van der Waals surface area contributed by atoms with Crippen LogP contribution in [0.4, 0.5) is 0 Å². The maximum Gasteiger partial charge on any atom is 0.339 e. The molecule has 0 radical (unpaired) electrons. The highest BCUT2D eigenvalue weighted by atomic mass is 16.8. The fourth-order valence-corrected chi connectivity index (χ4v) is 3.10. The van der Waals surface area contributed by atoms with Crippen LogP contribution in [0.1, 0.15) is 38.3 Å². The molecule has 0 saturated carbocycles. The molecule has 8 heteroatoms. The molecule has 0 bridgehead atoms. The summed E-state index contributed by atoms with van der Waals surface area (Å²) < 4.78 is 27.1. The molecule has 1 saturated heterocycles. The molecular weight excluding hydrogens is 428 g/mol. The van der Waals surface area contributed by atoms with Gasteiger partial charge in [-0.3, -0.25) is 4.79 Å². The molecule has 1 fully saturated rings. The first-order chi connectivity index (χ1) is 15.7. The second kappa shape index (κ2) is 11.1. The Morgan fingerprint density at radius 1 is 0.758 bits per heavy atom. The van der Waals surface area contributed by atoms with E-state index in [9.17, 15) is 14.4 Å². The highest BCUT2D eigenvalue weighted by Crippen LogP contribution is 2.25. The van der Waals surface area contributed by atoms with Crippen LogP contribution in [0.5, 0.6) is 0 Å². The van der Waals surface area contributed by atoms with Crippen LogP contribution in [0.2, 0.25) is 0 Å². The zero-order chi connectivity index (χ0) is 23.8. The van der Waals surface area contributed by atoms with Crippen LogP contribution in [0.3, 0.4) is 0 Å². The summed E-state index contributed by atoms with van der Waals surface area (Å²) in [6.45, 7) is 5.20. The minimum absolute atomic E-state index is 0.00203. The molecule has 1 aliphatic heterocycles. The van der Waals surface area contributed by atoms with E-state index < -0.39 is 42.0 Å². The standard InChI is InChI=1S/C25H28O8/c1-25(2,3)33-19(26)14-20-31-21(23(27)29-15-17-10-6-4-7-11-17)22(32-20)24(28)30-16-18-12-8-5-9-13-18/h4-13,20-22H,14-16H2,1-3H3/t21-,22-/m1/s1. The second-order valence-corrected chi connectivity index (χ2v) is 8.52. The van der Waals surface area contributed by atoms with E-state index >= 15 is 0 Å². The summed E-state index contributed by atoms with van der Waals surface area (Å²) in [6.07, 6.45) is -4.18. The van der Waals surface area contributed by atoms with E-state index in [0.717, 1.165) is 11.1 Å². The van der Waals surface area contributed by atoms with Gasteiger partial charge in [0.25, 0.3) is 0 Å². The first kappa shape index (κ1) is 24.4. The number of carbonyl (C=O) groups excluding carboxylic acids is 3. The summed E-state index contributed by atoms with van der Waals surface area (Å²) in [5.74, 6) is -2.15. The Morgan fingerprint density at radius 2 is 1.18 bits per heavy atom. The van der Waals surface area contributed by atoms with Crippen LogP contribution >= 0.6 is 0 Å². The first-order valence-corrected chi connectivity index (χ1v) is 10.6. The van der Waals surface area contributed by atoms with Crippen molar-refractivity contribution in [3.05, 3.63) is 71.8 Å². The fourth-order valence-electron chi connectivity index (χ4n) is 3.10. The van der Waals surface area contributed by atoms with Crippen molar-refractivity contribution in [3.63, 3.8) is 0 Å². The van der Waals surface area contributed by atoms with E-state index in [-0.39, 0.29) is 19.6 Å². The number of esters is 3. The highest BCUT2D eigenvalue weighted by Gasteiger charge is 2.48. The molecule has 3 rings (SSSR count). The van der Waals surface area contributed by atoms with Crippen LogP contribution < -0.4 is 0 Å². The lowest BCUT2D eigenvalue weighted by atomic mass is 10.2. The number of carbonyl (C=O) groups is 3. The van der Waals surface area contributed by atoms with Gasteiger partial charge in [-0.2, -0.15) is 0 Å². The molecule has 8 nitrogen and oxygen atoms in total. The van der Waals surface area contributed by atoms with Gasteiger partial charge in [-0.25, -0.2) is 9.59 Å². The van der Waals surface area contributed by atoms with Gasteiger partial charge in [-0.15, -0.1) is 0 Å². The minimum Gasteiger partial charge on any atom is -0.460 e. The molecule has 2 aromatic rings. The zero-order valence-corrected chi connectivity index (χ0v) is 18.9. The molecular formula is C25H28O8. The van der Waals surface area contributed by atoms with Crippen LogP contribution in [0.15, 0.2) is 60.7 Å². The Kier molecular flexibility index (Phi) is 8.19. The summed E-state index contributed by atoms with van der Waals surface area (Å²) in [7, 11) is 0. The molecule has 0 spiro atoms. The summed E-state index contributed by atoms with van der Waals surface area (Å²) in [6, 6.07) is 18.2. The zero-order valence-electron chi connectivity index (χ0n) is 18.9. The molecule has 0 amide bonds. The quantitative estimate of drug-likeness (QED) is 0.441. The molecule has 0 N–H and O–H groups in total. The van der Waals surface area contributed by atoms with Crippen molar-refractivity contribution >= 4 is 17.9 Å². The van der Waals surface area contributed by atoms with Gasteiger partial charge in [0.15, 0.2) is 18.5 Å². The molecule has 33 heavy (non-hydrogen) atoms. The van der Waals surface area contributed by atoms with Crippen molar-refractivity contribution in [2.24, 2.45) is 0 Å². The summed E-state index contributed by atoms with van der Waals surface area (Å²) >= 11 is 0. The van der Waals surface area contributed by atoms with Gasteiger partial charge in [0.2, 0.25) is 0 Å². The predicted octanol–water partition coefficient (Wildman–Crippen LogP) is 3.32. The van der Waals surface area contributed by atoms with Crippen molar-refractivity contribution in [3.8, 4) is 0 Å². The average Bonchev–Trinajstić information content (AvgIpc) is 3.19. The molecule has 2 atom stereocenters. The number of ether oxygens (including phenoxy) is 5. The van der Waals surface area contributed by atoms with E-state index in [1.165, 1.54) is 0 Å². The van der Waals surface area contributed by atoms with E-state index in [1.54, 1.807) is 45.0 Å². The number of hydrogen-bond donors (Lipinski definition) is 0. The molecule has 0 aromatic heterocycles. The van der Waals surface area contributed by atoms with Gasteiger partial charge in [0, 0.05) is 0 Å². The van der Waals surface area contributed by atoms with Gasteiger partial charge in [0.1, 0.15) is 18.8 Å². The third-order valence-electron chi connectivity index (χ3n) is 4.54. The van der Waals surface area contributed by atoms with Crippen LogP contribution in [-0.2, 0) is 51.3 Å². The van der Waals surface area contributed by atoms with Crippen LogP contribution in [0.25, 0.3) is 0 Å². The van der Waals surface area contributed by atoms with Gasteiger partial charge < -0.3 is 23.7 Å². The molecule has 0 aliphatic carbocycles. The first-order valence-electron chi connectivity index (χ1n) is 10.6. The van der Waals surface area contributed by atoms with Crippen molar-refractivity contribution in [1.29, 1.82) is 0 Å². The van der Waals surface area contributed by atoms with Crippen molar-refractivity contribution in [2.45, 2.75) is 64.5 Å². The lowest BCUT2D eigenvalue weighted by molar-refractivity contribution is -0.170. The van der Waals surface area contributed by atoms with E-state index in [1.807, 2.05) is 36.4 Å². The molecule has 1 heterocycles. The van der Waals surface area contributed by atoms with Crippen molar-refractivity contribution in [1.82, 2.24) is 0 Å². The van der Waals surface area contributed by atoms with E-state index in [4.69, 9.17) is 23.7 Å². The number of hydrogen-bond acceptors (Lipinski definition) is 8. The summed E-state index contributed by atoms with van der Waals surface area (Å²) in [5, 5.41) is 0. The lowest BCUT2D eigenvalue weighted by Gasteiger charge is -2.20. The van der Waals surface area contributed by atoms with Crippen LogP contribution in [0, 0.1) is 0 Å². The van der Waals surface area contributed by atoms with Crippen molar-refractivity contribution in [2.75, 3.05) is 0 Å². The second-order valence-electron chi connectivity index (χ2n) is 8.52. The molecule has 0 unspecified atom stereocenters. The maximum absolute atomic E-state index is 12.7. The highest BCUT2D eigenvalue weighted by molar-refractivity contribution is 5.86. The Labute approximate surface area is 192 Å². The Bertz CT molecular complexity index is 872. The van der Waals surface area contributed by atoms with Gasteiger partial charge in [0.05, 0.1) is 6.42 Å². The predicted molar refractivity (Wildman–Crippen MR) is 116 cm³/mol. The van der Waals surface area contributed by atoms with Gasteiger partial charge in [-0.1, -0.05) is 60.7 Å². The maximum atomic E-state index is 12.7. The lowest BCUT2D eigenvalue weighted by Crippen LogP contribution is -2.39. The van der Waals surface area contributed by atoms with Crippen LogP contribution in [-0.4, -0.2) is 42.0 Å². The Hall–Kier alpha value is -3.23. The topological polar surface area (TPSA) is 97.4 Å². The van der Waals surface area contributed by atoms with Crippen molar-refractivity contribution < 1.29 is 38.1 Å². The van der Waals surface area contributed by atoms with E-state index in [0.29, 0.717) is 0 Å². The smallest absolute Gasteiger partial charge is 0.339 e. The third-order valence-corrected chi connectivity index (χ3v) is 4.54. The monoisotopic (exact) mass is 456 g/mol. The summed E-state index contributed by atoms with van der Waals surface area (Å²) in [5.41, 5.74) is 0.856. The SMILES string of the molecule is CC(C)(C)OC(=O)CC1O[C@@H](C(=O)OCc2ccccc2)[C@H](C(=O)OCc2ccccc2)O1. The minimum atomic E-state index is -1.37. The Balaban J connectivity index is 1.65.